The summed E-state index contributed by atoms with van der Waals surface area (Å²) in [5.41, 5.74) is 3.96. The van der Waals surface area contributed by atoms with Crippen molar-refractivity contribution in [2.75, 3.05) is 0 Å². The number of rotatable bonds is 2. The van der Waals surface area contributed by atoms with E-state index in [4.69, 9.17) is 0 Å². The van der Waals surface area contributed by atoms with E-state index in [-0.39, 0.29) is 17.0 Å². The molecule has 0 aliphatic heterocycles. The van der Waals surface area contributed by atoms with E-state index < -0.39 is 11.5 Å². The third-order valence-electron chi connectivity index (χ3n) is 8.26. The molecular weight excluding hydrogens is 312 g/mol. The van der Waals surface area contributed by atoms with Gasteiger partial charge in [0.05, 0.1) is 0 Å². The fourth-order valence-electron chi connectivity index (χ4n) is 6.67. The van der Waals surface area contributed by atoms with Crippen LogP contribution in [-0.4, -0.2) is 22.8 Å². The molecule has 0 saturated heterocycles. The van der Waals surface area contributed by atoms with Crippen LogP contribution in [0.2, 0.25) is 0 Å². The van der Waals surface area contributed by atoms with Gasteiger partial charge in [0.1, 0.15) is 6.10 Å². The van der Waals surface area contributed by atoms with E-state index in [0.29, 0.717) is 18.3 Å². The van der Waals surface area contributed by atoms with E-state index in [1.54, 1.807) is 12.5 Å². The molecule has 136 valence electrons. The molecule has 3 nitrogen and oxygen atoms in total. The van der Waals surface area contributed by atoms with Crippen LogP contribution in [0, 0.1) is 22.7 Å². The molecule has 0 spiro atoms. The first-order valence-electron chi connectivity index (χ1n) is 9.96. The van der Waals surface area contributed by atoms with Crippen LogP contribution in [0.4, 0.5) is 0 Å². The van der Waals surface area contributed by atoms with E-state index in [1.165, 1.54) is 11.1 Å². The average molecular weight is 342 g/mol. The number of hydrogen-bond acceptors (Lipinski definition) is 3. The zero-order valence-corrected chi connectivity index (χ0v) is 15.7. The van der Waals surface area contributed by atoms with Gasteiger partial charge in [0.25, 0.3) is 0 Å². The van der Waals surface area contributed by atoms with Gasteiger partial charge in [-0.05, 0) is 86.3 Å². The van der Waals surface area contributed by atoms with Gasteiger partial charge in [-0.1, -0.05) is 19.4 Å². The van der Waals surface area contributed by atoms with E-state index in [0.717, 1.165) is 44.9 Å². The summed E-state index contributed by atoms with van der Waals surface area (Å²) in [6, 6.07) is 0. The van der Waals surface area contributed by atoms with E-state index in [9.17, 15) is 14.7 Å². The summed E-state index contributed by atoms with van der Waals surface area (Å²) in [6.07, 6.45) is 8.82. The van der Waals surface area contributed by atoms with Gasteiger partial charge in [-0.15, -0.1) is 0 Å². The van der Waals surface area contributed by atoms with Gasteiger partial charge in [0.2, 0.25) is 0 Å². The summed E-state index contributed by atoms with van der Waals surface area (Å²) < 4.78 is 0. The number of fused-ring (bicyclic) bond motifs is 4. The molecular formula is C22H30O3. The third kappa shape index (κ3) is 2.27. The smallest absolute Gasteiger partial charge is 0.167 e. The topological polar surface area (TPSA) is 54.4 Å². The Morgan fingerprint density at radius 2 is 1.92 bits per heavy atom. The first kappa shape index (κ1) is 17.2. The summed E-state index contributed by atoms with van der Waals surface area (Å²) in [5, 5.41) is 9.96. The number of carbonyl (C=O) groups is 2. The highest BCUT2D eigenvalue weighted by Gasteiger charge is 2.62. The van der Waals surface area contributed by atoms with Crippen LogP contribution in [0.25, 0.3) is 0 Å². The SMILES string of the molecule is C[C@H](O)C(=O)[C@]1(C)CC[C@H]2[C@@H]3CCC4=CC(=O)CCC4=C3CC[C@@]21C. The summed E-state index contributed by atoms with van der Waals surface area (Å²) in [4.78, 5) is 24.6. The second kappa shape index (κ2) is 5.64. The average Bonchev–Trinajstić information content (AvgIpc) is 2.86. The second-order valence-electron chi connectivity index (χ2n) is 9.22. The lowest BCUT2D eigenvalue weighted by atomic mass is 9.51. The van der Waals surface area contributed by atoms with E-state index >= 15 is 0 Å². The van der Waals surface area contributed by atoms with Crippen LogP contribution < -0.4 is 0 Å². The van der Waals surface area contributed by atoms with Gasteiger partial charge in [0.15, 0.2) is 11.6 Å². The molecule has 4 aliphatic carbocycles. The summed E-state index contributed by atoms with van der Waals surface area (Å²) in [5.74, 6) is 1.43. The van der Waals surface area contributed by atoms with Gasteiger partial charge in [-0.2, -0.15) is 0 Å². The molecule has 0 aromatic heterocycles. The lowest BCUT2D eigenvalue weighted by molar-refractivity contribution is -0.144. The molecule has 0 radical (unpaired) electrons. The fraction of sp³-hybridized carbons (Fsp3) is 0.727. The van der Waals surface area contributed by atoms with Crippen molar-refractivity contribution in [3.63, 3.8) is 0 Å². The standard InChI is InChI=1S/C22H30O3/c1-13(23)20(25)22(3)11-9-19-18-6-4-14-12-15(24)5-7-16(14)17(18)8-10-21(19,22)2/h12-13,18-19,23H,4-11H2,1-3H3/t13-,18+,19-,21-,22-/m0/s1. The predicted octanol–water partition coefficient (Wildman–Crippen LogP) is 4.15. The van der Waals surface area contributed by atoms with Crippen molar-refractivity contribution >= 4 is 11.6 Å². The monoisotopic (exact) mass is 342 g/mol. The highest BCUT2D eigenvalue weighted by atomic mass is 16.3. The number of ketones is 2. The maximum atomic E-state index is 12.8. The number of aliphatic hydroxyl groups is 1. The maximum Gasteiger partial charge on any atom is 0.167 e. The highest BCUT2D eigenvalue weighted by molar-refractivity contribution is 5.93. The summed E-state index contributed by atoms with van der Waals surface area (Å²) in [6.45, 7) is 6.03. The molecule has 4 rings (SSSR count). The third-order valence-corrected chi connectivity index (χ3v) is 8.26. The Morgan fingerprint density at radius 1 is 1.16 bits per heavy atom. The second-order valence-corrected chi connectivity index (χ2v) is 9.22. The van der Waals surface area contributed by atoms with Crippen LogP contribution in [0.5, 0.6) is 0 Å². The molecule has 4 aliphatic rings. The van der Waals surface area contributed by atoms with Gasteiger partial charge >= 0.3 is 0 Å². The molecule has 0 amide bonds. The molecule has 25 heavy (non-hydrogen) atoms. The lowest BCUT2D eigenvalue weighted by Crippen LogP contribution is -2.50. The van der Waals surface area contributed by atoms with Crippen LogP contribution >= 0.6 is 0 Å². The molecule has 0 heterocycles. The molecule has 2 fully saturated rings. The first-order chi connectivity index (χ1) is 11.8. The van der Waals surface area contributed by atoms with Crippen molar-refractivity contribution in [3.8, 4) is 0 Å². The molecule has 0 aromatic rings. The Labute approximate surface area is 150 Å². The zero-order valence-electron chi connectivity index (χ0n) is 15.7. The molecule has 0 aromatic carbocycles. The zero-order chi connectivity index (χ0) is 18.0. The summed E-state index contributed by atoms with van der Waals surface area (Å²) >= 11 is 0. The van der Waals surface area contributed by atoms with Crippen molar-refractivity contribution in [2.24, 2.45) is 22.7 Å². The number of allylic oxidation sites excluding steroid dienone is 4. The van der Waals surface area contributed by atoms with Crippen molar-refractivity contribution in [3.05, 3.63) is 22.8 Å². The lowest BCUT2D eigenvalue weighted by Gasteiger charge is -2.52. The maximum absolute atomic E-state index is 12.8. The Kier molecular flexibility index (Phi) is 3.88. The minimum Gasteiger partial charge on any atom is -0.386 e. The number of carbonyl (C=O) groups excluding carboxylic acids is 2. The number of aliphatic hydroxyl groups excluding tert-OH is 1. The number of hydrogen-bond donors (Lipinski definition) is 1. The largest absolute Gasteiger partial charge is 0.386 e. The molecule has 5 atom stereocenters. The Hall–Kier alpha value is -1.22. The Bertz CT molecular complexity index is 698. The fourth-order valence-corrected chi connectivity index (χ4v) is 6.67. The highest BCUT2D eigenvalue weighted by Crippen LogP contribution is 2.67. The molecule has 3 heteroatoms. The molecule has 0 bridgehead atoms. The molecule has 2 saturated carbocycles. The van der Waals surface area contributed by atoms with Crippen LogP contribution in [0.3, 0.4) is 0 Å². The van der Waals surface area contributed by atoms with Gasteiger partial charge in [-0.25, -0.2) is 0 Å². The Balaban J connectivity index is 1.72. The van der Waals surface area contributed by atoms with Crippen molar-refractivity contribution in [1.82, 2.24) is 0 Å². The summed E-state index contributed by atoms with van der Waals surface area (Å²) in [7, 11) is 0. The van der Waals surface area contributed by atoms with E-state index in [1.807, 2.05) is 6.08 Å². The minimum absolute atomic E-state index is 0.0124. The predicted molar refractivity (Wildman–Crippen MR) is 96.9 cm³/mol. The first-order valence-corrected chi connectivity index (χ1v) is 9.96. The van der Waals surface area contributed by atoms with Crippen molar-refractivity contribution in [1.29, 1.82) is 0 Å². The normalized spacial score (nSPS) is 41.6. The van der Waals surface area contributed by atoms with E-state index in [2.05, 4.69) is 13.8 Å². The quantitative estimate of drug-likeness (QED) is 0.820. The van der Waals surface area contributed by atoms with Crippen LogP contribution in [-0.2, 0) is 9.59 Å². The van der Waals surface area contributed by atoms with Crippen LogP contribution in [0.1, 0.15) is 72.1 Å². The molecule has 0 unspecified atom stereocenters. The number of Topliss-reactive ketones (excluding diaryl/α,β-unsaturated/α-hetero) is 1. The minimum atomic E-state index is -0.870. The van der Waals surface area contributed by atoms with Crippen LogP contribution in [0.15, 0.2) is 22.8 Å². The van der Waals surface area contributed by atoms with Gasteiger partial charge in [0, 0.05) is 11.8 Å². The van der Waals surface area contributed by atoms with Crippen molar-refractivity contribution < 1.29 is 14.7 Å². The van der Waals surface area contributed by atoms with Gasteiger partial charge < -0.3 is 5.11 Å². The Morgan fingerprint density at radius 3 is 2.64 bits per heavy atom. The van der Waals surface area contributed by atoms with Crippen molar-refractivity contribution in [2.45, 2.75) is 78.2 Å². The van der Waals surface area contributed by atoms with Gasteiger partial charge in [-0.3, -0.25) is 9.59 Å². The molecule has 1 N–H and O–H groups in total.